The first-order valence-electron chi connectivity index (χ1n) is 6.62. The number of primary amides is 1. The lowest BCUT2D eigenvalue weighted by Crippen LogP contribution is -2.34. The number of carbonyl (C=O) groups excluding carboxylic acids is 2. The molecule has 2 aromatic rings. The van der Waals surface area contributed by atoms with Crippen molar-refractivity contribution in [1.29, 1.82) is 0 Å². The predicted octanol–water partition coefficient (Wildman–Crippen LogP) is 1.32. The van der Waals surface area contributed by atoms with Gasteiger partial charge < -0.3 is 10.5 Å². The van der Waals surface area contributed by atoms with Gasteiger partial charge >= 0.3 is 0 Å². The standard InChI is InChI=1S/C15H13ClN2O5S/c16-11-2-1-3-13(8-11)24(21,22)18-14(19)9-23-12-6-4-10(5-7-12)15(17)20/h1-8H,9H2,(H2,17,20)(H,18,19). The first kappa shape index (κ1) is 17.8. The van der Waals surface area contributed by atoms with Gasteiger partial charge in [-0.05, 0) is 42.5 Å². The molecule has 0 saturated carbocycles. The van der Waals surface area contributed by atoms with Crippen LogP contribution in [0.25, 0.3) is 0 Å². The van der Waals surface area contributed by atoms with Crippen molar-refractivity contribution in [1.82, 2.24) is 4.72 Å². The lowest BCUT2D eigenvalue weighted by molar-refractivity contribution is -0.121. The van der Waals surface area contributed by atoms with Crippen LogP contribution in [0.5, 0.6) is 5.75 Å². The summed E-state index contributed by atoms with van der Waals surface area (Å²) in [6.07, 6.45) is 0. The molecule has 0 atom stereocenters. The maximum atomic E-state index is 12.0. The van der Waals surface area contributed by atoms with Crippen LogP contribution in [0.15, 0.2) is 53.4 Å². The van der Waals surface area contributed by atoms with Crippen molar-refractivity contribution in [2.24, 2.45) is 5.73 Å². The minimum atomic E-state index is -4.03. The number of nitrogens with one attached hydrogen (secondary N) is 1. The number of benzene rings is 2. The number of carbonyl (C=O) groups is 2. The van der Waals surface area contributed by atoms with E-state index in [-0.39, 0.29) is 21.2 Å². The Kier molecular flexibility index (Phi) is 5.42. The predicted molar refractivity (Wildman–Crippen MR) is 87.2 cm³/mol. The highest BCUT2D eigenvalue weighted by molar-refractivity contribution is 7.90. The number of amides is 2. The molecule has 2 amide bonds. The maximum Gasteiger partial charge on any atom is 0.271 e. The Morgan fingerprint density at radius 1 is 1.12 bits per heavy atom. The van der Waals surface area contributed by atoms with E-state index in [1.54, 1.807) is 0 Å². The first-order chi connectivity index (χ1) is 11.3. The Balaban J connectivity index is 1.96. The van der Waals surface area contributed by atoms with Gasteiger partial charge in [0, 0.05) is 10.6 Å². The van der Waals surface area contributed by atoms with Crippen LogP contribution in [-0.2, 0) is 14.8 Å². The van der Waals surface area contributed by atoms with E-state index in [0.717, 1.165) is 0 Å². The Bertz CT molecular complexity index is 866. The van der Waals surface area contributed by atoms with Gasteiger partial charge in [-0.3, -0.25) is 9.59 Å². The van der Waals surface area contributed by atoms with Gasteiger partial charge in [-0.15, -0.1) is 0 Å². The number of hydrogen-bond donors (Lipinski definition) is 2. The van der Waals surface area contributed by atoms with Crippen molar-refractivity contribution >= 4 is 33.4 Å². The molecular formula is C15H13ClN2O5S. The molecule has 0 fully saturated rings. The van der Waals surface area contributed by atoms with Crippen molar-refractivity contribution < 1.29 is 22.7 Å². The zero-order valence-electron chi connectivity index (χ0n) is 12.2. The molecule has 0 bridgehead atoms. The maximum absolute atomic E-state index is 12.0. The van der Waals surface area contributed by atoms with Crippen LogP contribution in [0.1, 0.15) is 10.4 Å². The lowest BCUT2D eigenvalue weighted by atomic mass is 10.2. The average molecular weight is 369 g/mol. The SMILES string of the molecule is NC(=O)c1ccc(OCC(=O)NS(=O)(=O)c2cccc(Cl)c2)cc1. The number of sulfonamides is 1. The molecule has 0 aliphatic carbocycles. The van der Waals surface area contributed by atoms with Crippen molar-refractivity contribution in [3.63, 3.8) is 0 Å². The smallest absolute Gasteiger partial charge is 0.271 e. The molecule has 9 heteroatoms. The molecule has 7 nitrogen and oxygen atoms in total. The van der Waals surface area contributed by atoms with E-state index in [1.807, 2.05) is 4.72 Å². The third kappa shape index (κ3) is 4.71. The van der Waals surface area contributed by atoms with Crippen LogP contribution in [0.4, 0.5) is 0 Å². The number of rotatable bonds is 6. The fourth-order valence-corrected chi connectivity index (χ4v) is 3.01. The summed E-state index contributed by atoms with van der Waals surface area (Å²) in [5.41, 5.74) is 5.39. The molecule has 0 aromatic heterocycles. The highest BCUT2D eigenvalue weighted by Crippen LogP contribution is 2.15. The van der Waals surface area contributed by atoms with E-state index < -0.39 is 28.4 Å². The molecular weight excluding hydrogens is 356 g/mol. The minimum absolute atomic E-state index is 0.130. The second-order valence-electron chi connectivity index (χ2n) is 4.66. The molecule has 0 aliphatic rings. The highest BCUT2D eigenvalue weighted by Gasteiger charge is 2.18. The summed E-state index contributed by atoms with van der Waals surface area (Å²) in [4.78, 5) is 22.5. The fourth-order valence-electron chi connectivity index (χ4n) is 1.74. The summed E-state index contributed by atoms with van der Waals surface area (Å²) < 4.78 is 31.1. The van der Waals surface area contributed by atoms with Crippen molar-refractivity contribution in [2.75, 3.05) is 6.61 Å². The third-order valence-electron chi connectivity index (χ3n) is 2.86. The summed E-state index contributed by atoms with van der Waals surface area (Å²) >= 11 is 5.73. The van der Waals surface area contributed by atoms with Crippen LogP contribution in [0.3, 0.4) is 0 Å². The molecule has 0 unspecified atom stereocenters. The van der Waals surface area contributed by atoms with Crippen LogP contribution >= 0.6 is 11.6 Å². The molecule has 24 heavy (non-hydrogen) atoms. The summed E-state index contributed by atoms with van der Waals surface area (Å²) in [5.74, 6) is -1.16. The van der Waals surface area contributed by atoms with E-state index in [4.69, 9.17) is 22.1 Å². The normalized spacial score (nSPS) is 10.9. The Hall–Kier alpha value is -2.58. The molecule has 0 aliphatic heterocycles. The fraction of sp³-hybridized carbons (Fsp3) is 0.0667. The number of nitrogens with two attached hydrogens (primary N) is 1. The van der Waals surface area contributed by atoms with Gasteiger partial charge in [0.1, 0.15) is 5.75 Å². The van der Waals surface area contributed by atoms with Gasteiger partial charge in [-0.1, -0.05) is 17.7 Å². The van der Waals surface area contributed by atoms with Gasteiger partial charge in [-0.2, -0.15) is 0 Å². The number of ether oxygens (including phenoxy) is 1. The van der Waals surface area contributed by atoms with Crippen molar-refractivity contribution in [2.45, 2.75) is 4.90 Å². The zero-order valence-corrected chi connectivity index (χ0v) is 13.8. The van der Waals surface area contributed by atoms with Gasteiger partial charge in [-0.25, -0.2) is 13.1 Å². The van der Waals surface area contributed by atoms with Gasteiger partial charge in [0.25, 0.3) is 15.9 Å². The summed E-state index contributed by atoms with van der Waals surface area (Å²) in [5, 5.41) is 0.233. The zero-order chi connectivity index (χ0) is 17.7. The van der Waals surface area contributed by atoms with E-state index >= 15 is 0 Å². The van der Waals surface area contributed by atoms with Crippen LogP contribution in [-0.4, -0.2) is 26.8 Å². The van der Waals surface area contributed by atoms with Crippen LogP contribution in [0.2, 0.25) is 5.02 Å². The molecule has 126 valence electrons. The Morgan fingerprint density at radius 2 is 1.79 bits per heavy atom. The van der Waals surface area contributed by atoms with E-state index in [2.05, 4.69) is 0 Å². The molecule has 0 heterocycles. The first-order valence-corrected chi connectivity index (χ1v) is 8.48. The third-order valence-corrected chi connectivity index (χ3v) is 4.47. The molecule has 0 spiro atoms. The van der Waals surface area contributed by atoms with Crippen LogP contribution in [0, 0.1) is 0 Å². The molecule has 0 saturated heterocycles. The van der Waals surface area contributed by atoms with Crippen molar-refractivity contribution in [3.05, 3.63) is 59.1 Å². The molecule has 0 radical (unpaired) electrons. The van der Waals surface area contributed by atoms with Gasteiger partial charge in [0.2, 0.25) is 5.91 Å². The second-order valence-corrected chi connectivity index (χ2v) is 6.78. The summed E-state index contributed by atoms with van der Waals surface area (Å²) in [6.45, 7) is -0.518. The molecule has 3 N–H and O–H groups in total. The Morgan fingerprint density at radius 3 is 2.38 bits per heavy atom. The summed E-state index contributed by atoms with van der Waals surface area (Å²) in [7, 11) is -4.03. The topological polar surface area (TPSA) is 116 Å². The summed E-state index contributed by atoms with van der Waals surface area (Å²) in [6, 6.07) is 11.2. The largest absolute Gasteiger partial charge is 0.484 e. The van der Waals surface area contributed by atoms with E-state index in [9.17, 15) is 18.0 Å². The quantitative estimate of drug-likeness (QED) is 0.797. The lowest BCUT2D eigenvalue weighted by Gasteiger charge is -2.09. The van der Waals surface area contributed by atoms with Crippen LogP contribution < -0.4 is 15.2 Å². The average Bonchev–Trinajstić information content (AvgIpc) is 2.53. The van der Waals surface area contributed by atoms with Gasteiger partial charge in [0.05, 0.1) is 4.90 Å². The molecule has 2 aromatic carbocycles. The second kappa shape index (κ2) is 7.33. The number of halogens is 1. The van der Waals surface area contributed by atoms with Crippen molar-refractivity contribution in [3.8, 4) is 5.75 Å². The molecule has 2 rings (SSSR count). The minimum Gasteiger partial charge on any atom is -0.484 e. The van der Waals surface area contributed by atoms with E-state index in [0.29, 0.717) is 0 Å². The van der Waals surface area contributed by atoms with E-state index in [1.165, 1.54) is 48.5 Å². The van der Waals surface area contributed by atoms with Gasteiger partial charge in [0.15, 0.2) is 6.61 Å². The highest BCUT2D eigenvalue weighted by atomic mass is 35.5. The number of hydrogen-bond acceptors (Lipinski definition) is 5. The monoisotopic (exact) mass is 368 g/mol. The Labute approximate surface area is 143 Å².